The Morgan fingerprint density at radius 1 is 1.22 bits per heavy atom. The molecule has 0 fully saturated rings. The number of hydrogen-bond donors (Lipinski definition) is 0. The lowest BCUT2D eigenvalue weighted by molar-refractivity contribution is 0.414. The third kappa shape index (κ3) is 2.23. The minimum atomic E-state index is -0.0306. The monoisotopic (exact) mass is 264 g/mol. The number of halogens is 1. The summed E-state index contributed by atoms with van der Waals surface area (Å²) in [6.45, 7) is 6.00. The first-order valence-corrected chi connectivity index (χ1v) is 6.33. The van der Waals surface area contributed by atoms with Crippen LogP contribution < -0.4 is 4.74 Å². The summed E-state index contributed by atoms with van der Waals surface area (Å²) in [5, 5.41) is 4.52. The molecule has 0 saturated heterocycles. The van der Waals surface area contributed by atoms with Crippen molar-refractivity contribution in [1.29, 1.82) is 0 Å². The lowest BCUT2D eigenvalue weighted by Crippen LogP contribution is -1.99. The molecule has 1 aromatic carbocycles. The molecule has 0 aliphatic heterocycles. The molecule has 2 aromatic rings. The Kier molecular flexibility index (Phi) is 3.62. The van der Waals surface area contributed by atoms with E-state index in [9.17, 15) is 0 Å². The van der Waals surface area contributed by atoms with Gasteiger partial charge >= 0.3 is 0 Å². The molecular weight excluding hydrogens is 248 g/mol. The number of benzene rings is 1. The summed E-state index contributed by atoms with van der Waals surface area (Å²) in [6, 6.07) is 7.83. The van der Waals surface area contributed by atoms with Crippen molar-refractivity contribution in [2.75, 3.05) is 7.11 Å². The lowest BCUT2D eigenvalue weighted by atomic mass is 10.1. The molecule has 0 N–H and O–H groups in total. The van der Waals surface area contributed by atoms with E-state index >= 15 is 0 Å². The third-order valence-electron chi connectivity index (χ3n) is 3.06. The fourth-order valence-electron chi connectivity index (χ4n) is 2.21. The summed E-state index contributed by atoms with van der Waals surface area (Å²) in [4.78, 5) is 0. The van der Waals surface area contributed by atoms with E-state index in [1.54, 1.807) is 7.11 Å². The number of rotatable bonds is 3. The van der Waals surface area contributed by atoms with Gasteiger partial charge in [0, 0.05) is 11.3 Å². The molecule has 0 amide bonds. The minimum absolute atomic E-state index is 0.0306. The van der Waals surface area contributed by atoms with Crippen molar-refractivity contribution in [1.82, 2.24) is 9.78 Å². The lowest BCUT2D eigenvalue weighted by Gasteiger charge is -2.07. The average molecular weight is 265 g/mol. The van der Waals surface area contributed by atoms with Gasteiger partial charge in [0.15, 0.2) is 0 Å². The highest BCUT2D eigenvalue weighted by Gasteiger charge is 2.16. The normalized spacial score (nSPS) is 12.5. The molecule has 0 aliphatic carbocycles. The maximum Gasteiger partial charge on any atom is 0.119 e. The second kappa shape index (κ2) is 5.02. The number of aryl methyl sites for hydroxylation is 1. The smallest absolute Gasteiger partial charge is 0.119 e. The molecule has 1 aromatic heterocycles. The van der Waals surface area contributed by atoms with Crippen LogP contribution in [0, 0.1) is 13.8 Å². The number of nitrogens with zero attached hydrogens (tertiary/aromatic N) is 2. The Morgan fingerprint density at radius 3 is 2.28 bits per heavy atom. The highest BCUT2D eigenvalue weighted by Crippen LogP contribution is 2.28. The van der Waals surface area contributed by atoms with Crippen LogP contribution in [0.1, 0.15) is 29.3 Å². The SMILES string of the molecule is COc1ccc(-n2nc(C)c(C(C)Cl)c2C)cc1. The van der Waals surface area contributed by atoms with E-state index in [2.05, 4.69) is 5.10 Å². The van der Waals surface area contributed by atoms with Crippen LogP contribution in [0.25, 0.3) is 5.69 Å². The summed E-state index contributed by atoms with van der Waals surface area (Å²) in [5.41, 5.74) is 4.18. The van der Waals surface area contributed by atoms with Crippen molar-refractivity contribution in [2.24, 2.45) is 0 Å². The van der Waals surface area contributed by atoms with Crippen molar-refractivity contribution in [3.63, 3.8) is 0 Å². The van der Waals surface area contributed by atoms with Crippen molar-refractivity contribution < 1.29 is 4.74 Å². The van der Waals surface area contributed by atoms with E-state index in [-0.39, 0.29) is 5.38 Å². The molecule has 1 atom stereocenters. The molecule has 18 heavy (non-hydrogen) atoms. The third-order valence-corrected chi connectivity index (χ3v) is 3.28. The van der Waals surface area contributed by atoms with Crippen LogP contribution in [0.5, 0.6) is 5.75 Å². The second-order valence-corrected chi connectivity index (χ2v) is 4.96. The Balaban J connectivity index is 2.47. The highest BCUT2D eigenvalue weighted by atomic mass is 35.5. The molecule has 0 aliphatic rings. The summed E-state index contributed by atoms with van der Waals surface area (Å²) >= 11 is 6.19. The fourth-order valence-corrected chi connectivity index (χ4v) is 2.52. The Hall–Kier alpha value is -1.48. The minimum Gasteiger partial charge on any atom is -0.497 e. The predicted octanol–water partition coefficient (Wildman–Crippen LogP) is 3.80. The predicted molar refractivity (Wildman–Crippen MR) is 73.9 cm³/mol. The van der Waals surface area contributed by atoms with Crippen LogP contribution in [0.3, 0.4) is 0 Å². The summed E-state index contributed by atoms with van der Waals surface area (Å²) in [7, 11) is 1.66. The highest BCUT2D eigenvalue weighted by molar-refractivity contribution is 6.20. The zero-order valence-corrected chi connectivity index (χ0v) is 11.8. The van der Waals surface area contributed by atoms with Crippen LogP contribution in [-0.4, -0.2) is 16.9 Å². The van der Waals surface area contributed by atoms with Gasteiger partial charge in [0.25, 0.3) is 0 Å². The van der Waals surface area contributed by atoms with Gasteiger partial charge in [-0.05, 0) is 45.0 Å². The van der Waals surface area contributed by atoms with Gasteiger partial charge in [-0.3, -0.25) is 0 Å². The molecule has 1 unspecified atom stereocenters. The van der Waals surface area contributed by atoms with E-state index in [4.69, 9.17) is 16.3 Å². The van der Waals surface area contributed by atoms with E-state index in [1.807, 2.05) is 49.7 Å². The number of ether oxygens (including phenoxy) is 1. The molecule has 0 radical (unpaired) electrons. The molecule has 0 bridgehead atoms. The van der Waals surface area contributed by atoms with Gasteiger partial charge < -0.3 is 4.74 Å². The van der Waals surface area contributed by atoms with E-state index < -0.39 is 0 Å². The first-order chi connectivity index (χ1) is 8.54. The number of hydrogen-bond acceptors (Lipinski definition) is 2. The molecule has 0 saturated carbocycles. The van der Waals surface area contributed by atoms with Crippen molar-refractivity contribution in [3.05, 3.63) is 41.2 Å². The summed E-state index contributed by atoms with van der Waals surface area (Å²) in [5.74, 6) is 0.839. The maximum absolute atomic E-state index is 6.19. The van der Waals surface area contributed by atoms with Gasteiger partial charge in [0.1, 0.15) is 5.75 Å². The van der Waals surface area contributed by atoms with Crippen LogP contribution in [0.4, 0.5) is 0 Å². The molecule has 3 nitrogen and oxygen atoms in total. The Bertz CT molecular complexity index is 544. The van der Waals surface area contributed by atoms with Gasteiger partial charge in [-0.15, -0.1) is 11.6 Å². The van der Waals surface area contributed by atoms with E-state index in [1.165, 1.54) is 0 Å². The first-order valence-electron chi connectivity index (χ1n) is 5.89. The van der Waals surface area contributed by atoms with Gasteiger partial charge in [-0.2, -0.15) is 5.10 Å². The standard InChI is InChI=1S/C14H17ClN2O/c1-9(15)14-10(2)16-17(11(14)3)12-5-7-13(18-4)8-6-12/h5-9H,1-4H3. The van der Waals surface area contributed by atoms with Crippen molar-refractivity contribution in [3.8, 4) is 11.4 Å². The van der Waals surface area contributed by atoms with Crippen LogP contribution in [0.15, 0.2) is 24.3 Å². The molecular formula is C14H17ClN2O. The van der Waals surface area contributed by atoms with E-state index in [0.717, 1.165) is 28.4 Å². The Morgan fingerprint density at radius 2 is 1.83 bits per heavy atom. The largest absolute Gasteiger partial charge is 0.497 e. The van der Waals surface area contributed by atoms with Crippen LogP contribution in [-0.2, 0) is 0 Å². The zero-order chi connectivity index (χ0) is 13.3. The molecule has 2 rings (SSSR count). The number of methoxy groups -OCH3 is 1. The summed E-state index contributed by atoms with van der Waals surface area (Å²) in [6.07, 6.45) is 0. The molecule has 0 spiro atoms. The number of aromatic nitrogens is 2. The average Bonchev–Trinajstić information content (AvgIpc) is 2.65. The zero-order valence-electron chi connectivity index (χ0n) is 11.1. The first kappa shape index (κ1) is 13.0. The van der Waals surface area contributed by atoms with Gasteiger partial charge in [0.2, 0.25) is 0 Å². The van der Waals surface area contributed by atoms with Crippen molar-refractivity contribution in [2.45, 2.75) is 26.1 Å². The maximum atomic E-state index is 6.19. The summed E-state index contributed by atoms with van der Waals surface area (Å²) < 4.78 is 7.07. The molecule has 1 heterocycles. The number of alkyl halides is 1. The van der Waals surface area contributed by atoms with Crippen molar-refractivity contribution >= 4 is 11.6 Å². The second-order valence-electron chi connectivity index (χ2n) is 4.31. The van der Waals surface area contributed by atoms with Gasteiger partial charge in [-0.25, -0.2) is 4.68 Å². The molecule has 96 valence electrons. The molecule has 4 heteroatoms. The fraction of sp³-hybridized carbons (Fsp3) is 0.357. The van der Waals surface area contributed by atoms with Gasteiger partial charge in [0.05, 0.1) is 23.9 Å². The van der Waals surface area contributed by atoms with Crippen LogP contribution >= 0.6 is 11.6 Å². The van der Waals surface area contributed by atoms with E-state index in [0.29, 0.717) is 0 Å². The topological polar surface area (TPSA) is 27.1 Å². The van der Waals surface area contributed by atoms with Crippen LogP contribution in [0.2, 0.25) is 0 Å². The van der Waals surface area contributed by atoms with Gasteiger partial charge in [-0.1, -0.05) is 0 Å². The quantitative estimate of drug-likeness (QED) is 0.789. The Labute approximate surface area is 112 Å².